The van der Waals surface area contributed by atoms with Crippen LogP contribution in [0, 0.1) is 18.8 Å². The topological polar surface area (TPSA) is 41.1 Å². The molecule has 98 valence electrons. The van der Waals surface area contributed by atoms with E-state index in [-0.39, 0.29) is 17.9 Å². The molecule has 0 spiro atoms. The third kappa shape index (κ3) is 2.91. The second kappa shape index (κ2) is 5.53. The number of carbonyl (C=O) groups excluding carboxylic acids is 1. The summed E-state index contributed by atoms with van der Waals surface area (Å²) in [4.78, 5) is 12.2. The number of nitrogens with one attached hydrogen (secondary N) is 2. The molecule has 18 heavy (non-hydrogen) atoms. The molecule has 3 nitrogen and oxygen atoms in total. The van der Waals surface area contributed by atoms with Crippen LogP contribution >= 0.6 is 0 Å². The number of hydrogen-bond acceptors (Lipinski definition) is 2. The van der Waals surface area contributed by atoms with Crippen LogP contribution in [-0.2, 0) is 4.79 Å². The highest BCUT2D eigenvalue weighted by Crippen LogP contribution is 2.19. The normalized spacial score (nSPS) is 24.8. The first-order chi connectivity index (χ1) is 8.58. The highest BCUT2D eigenvalue weighted by molar-refractivity contribution is 5.80. The zero-order chi connectivity index (χ0) is 13.1. The second-order valence-electron chi connectivity index (χ2n) is 5.39. The van der Waals surface area contributed by atoms with Crippen LogP contribution in [0.3, 0.4) is 0 Å². The van der Waals surface area contributed by atoms with Crippen LogP contribution in [0.15, 0.2) is 24.3 Å². The van der Waals surface area contributed by atoms with Gasteiger partial charge in [0.25, 0.3) is 0 Å². The summed E-state index contributed by atoms with van der Waals surface area (Å²) in [5, 5.41) is 6.38. The molecule has 1 fully saturated rings. The summed E-state index contributed by atoms with van der Waals surface area (Å²) in [5.41, 5.74) is 2.39. The molecule has 1 aromatic carbocycles. The number of hydrogen-bond donors (Lipinski definition) is 2. The molecule has 0 aromatic heterocycles. The molecule has 2 N–H and O–H groups in total. The van der Waals surface area contributed by atoms with Gasteiger partial charge in [0.05, 0.1) is 12.0 Å². The van der Waals surface area contributed by atoms with Crippen molar-refractivity contribution in [2.24, 2.45) is 11.8 Å². The molecule has 0 bridgehead atoms. The summed E-state index contributed by atoms with van der Waals surface area (Å²) in [7, 11) is 0. The van der Waals surface area contributed by atoms with E-state index >= 15 is 0 Å². The minimum absolute atomic E-state index is 0.0743. The Balaban J connectivity index is 1.98. The van der Waals surface area contributed by atoms with E-state index in [9.17, 15) is 4.79 Å². The molecule has 2 unspecified atom stereocenters. The number of amides is 1. The van der Waals surface area contributed by atoms with Gasteiger partial charge in [-0.05, 0) is 31.9 Å². The quantitative estimate of drug-likeness (QED) is 0.857. The Morgan fingerprint density at radius 2 is 2.22 bits per heavy atom. The van der Waals surface area contributed by atoms with Gasteiger partial charge in [0.1, 0.15) is 0 Å². The zero-order valence-electron chi connectivity index (χ0n) is 11.4. The fraction of sp³-hybridized carbons (Fsp3) is 0.533. The molecule has 1 aliphatic heterocycles. The van der Waals surface area contributed by atoms with Gasteiger partial charge in [-0.2, -0.15) is 0 Å². The van der Waals surface area contributed by atoms with Crippen LogP contribution < -0.4 is 10.6 Å². The fourth-order valence-corrected chi connectivity index (χ4v) is 2.50. The first kappa shape index (κ1) is 13.1. The lowest BCUT2D eigenvalue weighted by Crippen LogP contribution is -2.35. The lowest BCUT2D eigenvalue weighted by Gasteiger charge is -2.19. The molecule has 1 amide bonds. The van der Waals surface area contributed by atoms with Crippen molar-refractivity contribution in [3.63, 3.8) is 0 Å². The maximum Gasteiger partial charge on any atom is 0.225 e. The molecule has 0 aliphatic carbocycles. The van der Waals surface area contributed by atoms with E-state index in [4.69, 9.17) is 0 Å². The van der Waals surface area contributed by atoms with Crippen LogP contribution in [0.2, 0.25) is 0 Å². The molecular formula is C15H22N2O. The number of aryl methyl sites for hydroxylation is 1. The first-order valence-corrected chi connectivity index (χ1v) is 6.65. The van der Waals surface area contributed by atoms with Crippen LogP contribution in [-0.4, -0.2) is 19.0 Å². The average Bonchev–Trinajstić information content (AvgIpc) is 2.75. The monoisotopic (exact) mass is 246 g/mol. The molecule has 0 saturated carbocycles. The smallest absolute Gasteiger partial charge is 0.225 e. The zero-order valence-corrected chi connectivity index (χ0v) is 11.4. The molecule has 1 heterocycles. The lowest BCUT2D eigenvalue weighted by molar-refractivity contribution is -0.126. The molecule has 3 atom stereocenters. The van der Waals surface area contributed by atoms with Gasteiger partial charge in [-0.25, -0.2) is 0 Å². The van der Waals surface area contributed by atoms with Crippen molar-refractivity contribution >= 4 is 5.91 Å². The molecule has 1 saturated heterocycles. The average molecular weight is 246 g/mol. The van der Waals surface area contributed by atoms with Gasteiger partial charge in [-0.3, -0.25) is 4.79 Å². The SMILES string of the molecule is Cc1cccc([C@@H](C)NC(=O)C2CNCC2C)c1. The van der Waals surface area contributed by atoms with E-state index in [1.54, 1.807) is 0 Å². The summed E-state index contributed by atoms with van der Waals surface area (Å²) in [5.74, 6) is 0.702. The van der Waals surface area contributed by atoms with Crippen molar-refractivity contribution in [2.45, 2.75) is 26.8 Å². The highest BCUT2D eigenvalue weighted by Gasteiger charge is 2.30. The Bertz CT molecular complexity index is 430. The first-order valence-electron chi connectivity index (χ1n) is 6.65. The minimum atomic E-state index is 0.0743. The maximum absolute atomic E-state index is 12.2. The van der Waals surface area contributed by atoms with E-state index in [1.807, 2.05) is 13.0 Å². The van der Waals surface area contributed by atoms with E-state index in [2.05, 4.69) is 42.7 Å². The van der Waals surface area contributed by atoms with Gasteiger partial charge in [0.2, 0.25) is 5.91 Å². The Kier molecular flexibility index (Phi) is 4.02. The second-order valence-corrected chi connectivity index (χ2v) is 5.39. The van der Waals surface area contributed by atoms with E-state index in [0.29, 0.717) is 5.92 Å². The van der Waals surface area contributed by atoms with Gasteiger partial charge >= 0.3 is 0 Å². The standard InChI is InChI=1S/C15H22N2O/c1-10-5-4-6-13(7-10)12(3)17-15(18)14-9-16-8-11(14)2/h4-7,11-12,14,16H,8-9H2,1-3H3,(H,17,18)/t11?,12-,14?/m1/s1. The molecule has 1 aromatic rings. The van der Waals surface area contributed by atoms with Gasteiger partial charge < -0.3 is 10.6 Å². The van der Waals surface area contributed by atoms with Crippen molar-refractivity contribution < 1.29 is 4.79 Å². The van der Waals surface area contributed by atoms with E-state index in [0.717, 1.165) is 13.1 Å². The van der Waals surface area contributed by atoms with Gasteiger partial charge in [0.15, 0.2) is 0 Å². The Morgan fingerprint density at radius 1 is 1.44 bits per heavy atom. The molecule has 0 radical (unpaired) electrons. The van der Waals surface area contributed by atoms with Crippen LogP contribution in [0.5, 0.6) is 0 Å². The Morgan fingerprint density at radius 3 is 2.83 bits per heavy atom. The Hall–Kier alpha value is -1.35. The lowest BCUT2D eigenvalue weighted by atomic mass is 9.96. The highest BCUT2D eigenvalue weighted by atomic mass is 16.2. The largest absolute Gasteiger partial charge is 0.349 e. The van der Waals surface area contributed by atoms with Gasteiger partial charge in [0, 0.05) is 6.54 Å². The minimum Gasteiger partial charge on any atom is -0.349 e. The van der Waals surface area contributed by atoms with Crippen molar-refractivity contribution in [1.29, 1.82) is 0 Å². The summed E-state index contributed by atoms with van der Waals surface area (Å²) >= 11 is 0. The van der Waals surface area contributed by atoms with Crippen LogP contribution in [0.4, 0.5) is 0 Å². The molecule has 2 rings (SSSR count). The third-order valence-electron chi connectivity index (χ3n) is 3.76. The Labute approximate surface area is 109 Å². The van der Waals surface area contributed by atoms with E-state index in [1.165, 1.54) is 11.1 Å². The third-order valence-corrected chi connectivity index (χ3v) is 3.76. The van der Waals surface area contributed by atoms with Gasteiger partial charge in [-0.1, -0.05) is 36.8 Å². The summed E-state index contributed by atoms with van der Waals surface area (Å²) in [6.07, 6.45) is 0. The maximum atomic E-state index is 12.2. The molecular weight excluding hydrogens is 224 g/mol. The molecule has 3 heteroatoms. The number of rotatable bonds is 3. The van der Waals surface area contributed by atoms with Crippen molar-refractivity contribution in [1.82, 2.24) is 10.6 Å². The van der Waals surface area contributed by atoms with Crippen molar-refractivity contribution in [2.75, 3.05) is 13.1 Å². The van der Waals surface area contributed by atoms with Crippen LogP contribution in [0.25, 0.3) is 0 Å². The van der Waals surface area contributed by atoms with Crippen LogP contribution in [0.1, 0.15) is 31.0 Å². The van der Waals surface area contributed by atoms with Gasteiger partial charge in [-0.15, -0.1) is 0 Å². The summed E-state index contributed by atoms with van der Waals surface area (Å²) in [6, 6.07) is 8.37. The summed E-state index contributed by atoms with van der Waals surface area (Å²) in [6.45, 7) is 7.98. The molecule has 1 aliphatic rings. The predicted octanol–water partition coefficient (Wildman–Crippen LogP) is 2.03. The van der Waals surface area contributed by atoms with E-state index < -0.39 is 0 Å². The number of carbonyl (C=O) groups is 1. The predicted molar refractivity (Wildman–Crippen MR) is 73.3 cm³/mol. The fourth-order valence-electron chi connectivity index (χ4n) is 2.50. The van der Waals surface area contributed by atoms with Crippen molar-refractivity contribution in [3.05, 3.63) is 35.4 Å². The van der Waals surface area contributed by atoms with Crippen molar-refractivity contribution in [3.8, 4) is 0 Å². The number of benzene rings is 1. The summed E-state index contributed by atoms with van der Waals surface area (Å²) < 4.78 is 0.